The van der Waals surface area contributed by atoms with Crippen LogP contribution in [0.1, 0.15) is 33.1 Å². The van der Waals surface area contributed by atoms with Gasteiger partial charge in [-0.1, -0.05) is 176 Å². The van der Waals surface area contributed by atoms with Crippen molar-refractivity contribution in [2.45, 2.75) is 0 Å². The number of hydrogen-bond acceptors (Lipinski definition) is 1. The molecule has 0 aliphatic heterocycles. The summed E-state index contributed by atoms with van der Waals surface area (Å²) in [7, 11) is 0. The molecule has 1 aromatic heterocycles. The lowest BCUT2D eigenvalue weighted by molar-refractivity contribution is 1.18. The predicted octanol–water partition coefficient (Wildman–Crippen LogP) is 12.7. The minimum absolute atomic E-state index is 0.00112. The van der Waals surface area contributed by atoms with Gasteiger partial charge in [-0.15, -0.1) is 0 Å². The van der Waals surface area contributed by atoms with Gasteiger partial charge in [-0.05, 0) is 69.2 Å². The Balaban J connectivity index is 1.10. The molecule has 0 spiro atoms. The van der Waals surface area contributed by atoms with E-state index in [9.17, 15) is 4.11 Å². The van der Waals surface area contributed by atoms with Gasteiger partial charge >= 0.3 is 0 Å². The molecule has 0 bridgehead atoms. The summed E-state index contributed by atoms with van der Waals surface area (Å²) in [6.07, 6.45) is 1.71. The first-order valence-electron chi connectivity index (χ1n) is 23.4. The molecule has 9 rings (SSSR count). The number of aliphatic imine (C=N–C) groups is 2. The fourth-order valence-corrected chi connectivity index (χ4v) is 6.34. The maximum Gasteiger partial charge on any atom is 0.161 e. The van der Waals surface area contributed by atoms with E-state index in [2.05, 4.69) is 4.99 Å². The molecule has 0 atom stereocenters. The summed E-state index contributed by atoms with van der Waals surface area (Å²) in [5, 5.41) is 8.44. The fraction of sp³-hybridized carbons (Fsp3) is 0. The highest BCUT2D eigenvalue weighted by molar-refractivity contribution is 6.13. The van der Waals surface area contributed by atoms with Crippen molar-refractivity contribution in [2.24, 2.45) is 9.98 Å². The Morgan fingerprint density at radius 1 is 0.491 bits per heavy atom. The number of aromatic nitrogens is 1. The van der Waals surface area contributed by atoms with E-state index < -0.39 is 72.2 Å². The lowest BCUT2D eigenvalue weighted by Gasteiger charge is -2.09. The summed E-state index contributed by atoms with van der Waals surface area (Å²) in [6, 6.07) is 34.5. The zero-order valence-corrected chi connectivity index (χ0v) is 29.1. The minimum atomic E-state index is -0.700. The summed E-state index contributed by atoms with van der Waals surface area (Å²) in [5.74, 6) is 0.371. The highest BCUT2D eigenvalue weighted by atomic mass is 15.0. The number of rotatable bonds is 7. The van der Waals surface area contributed by atoms with Gasteiger partial charge in [0.15, 0.2) is 11.7 Å². The Kier molecular flexibility index (Phi) is 6.12. The number of amidine groups is 2. The van der Waals surface area contributed by atoms with E-state index in [0.717, 1.165) is 32.4 Å². The molecule has 0 unspecified atom stereocenters. The fourth-order valence-electron chi connectivity index (χ4n) is 6.34. The van der Waals surface area contributed by atoms with Crippen LogP contribution in [-0.4, -0.2) is 22.5 Å². The molecule has 1 heterocycles. The van der Waals surface area contributed by atoms with Crippen molar-refractivity contribution >= 4 is 39.7 Å². The zero-order valence-electron chi connectivity index (χ0n) is 41.1. The molecule has 0 saturated heterocycles. The van der Waals surface area contributed by atoms with Crippen molar-refractivity contribution in [1.82, 2.24) is 4.57 Å². The van der Waals surface area contributed by atoms with Gasteiger partial charge in [-0.2, -0.15) is 0 Å². The Morgan fingerprint density at radius 3 is 1.73 bits per heavy atom. The Labute approximate surface area is 337 Å². The molecule has 1 N–H and O–H groups in total. The normalized spacial score (nSPS) is 14.8. The molecule has 260 valence electrons. The van der Waals surface area contributed by atoms with Gasteiger partial charge in [-0.25, -0.2) is 9.98 Å². The second-order valence-electron chi connectivity index (χ2n) is 12.6. The summed E-state index contributed by atoms with van der Waals surface area (Å²) in [5.41, 5.74) is 5.24. The van der Waals surface area contributed by atoms with Crippen LogP contribution in [-0.2, 0) is 0 Å². The number of fused-ring (bicyclic) bond motifs is 3. The first-order valence-corrected chi connectivity index (χ1v) is 17.4. The molecule has 0 fully saturated rings. The largest absolute Gasteiger partial charge is 0.309 e. The molecule has 55 heavy (non-hydrogen) atoms. The predicted molar refractivity (Wildman–Crippen MR) is 231 cm³/mol. The average molecular weight is 717 g/mol. The third-order valence-corrected chi connectivity index (χ3v) is 9.14. The Hall–Kier alpha value is -7.43. The second-order valence-corrected chi connectivity index (χ2v) is 12.6. The van der Waals surface area contributed by atoms with Gasteiger partial charge in [0.25, 0.3) is 0 Å². The minimum Gasteiger partial charge on any atom is -0.309 e. The molecule has 8 aromatic carbocycles. The highest BCUT2D eigenvalue weighted by Gasteiger charge is 2.13. The highest BCUT2D eigenvalue weighted by Crippen LogP contribution is 2.35. The van der Waals surface area contributed by atoms with E-state index in [4.69, 9.17) is 22.7 Å². The van der Waals surface area contributed by atoms with E-state index in [1.165, 1.54) is 0 Å². The first kappa shape index (κ1) is 22.6. The average Bonchev–Trinajstić information content (AvgIpc) is 3.71. The van der Waals surface area contributed by atoms with Crippen LogP contribution in [0, 0.1) is 5.41 Å². The van der Waals surface area contributed by atoms with E-state index in [-0.39, 0.29) is 39.2 Å². The summed E-state index contributed by atoms with van der Waals surface area (Å²) in [4.78, 5) is 9.38. The smallest absolute Gasteiger partial charge is 0.161 e. The number of benzene rings is 8. The van der Waals surface area contributed by atoms with Gasteiger partial charge in [0, 0.05) is 33.8 Å². The van der Waals surface area contributed by atoms with Crippen molar-refractivity contribution in [3.05, 3.63) is 223 Å². The van der Waals surface area contributed by atoms with E-state index in [1.807, 2.05) is 109 Å². The topological polar surface area (TPSA) is 53.5 Å². The molecule has 0 saturated carbocycles. The SMILES string of the molecule is [2H]c1c([2H])c([2H])c(-n2c3c([2H])c([2H])c([2H])c([2H])c3c3c([2H])c(-c4ccc(-c5ccc(C(N=Cc6ccc(-c7ccccc7)cc6)=NC(=N)c6ccccc6)cc5)cc4)c([2H])c([2H])c32)c([2H])c1[2H]. The molecule has 0 aliphatic carbocycles. The lowest BCUT2D eigenvalue weighted by Crippen LogP contribution is -2.04. The first-order chi connectivity index (χ1) is 32.2. The van der Waals surface area contributed by atoms with Crippen molar-refractivity contribution in [3.8, 4) is 39.1 Å². The van der Waals surface area contributed by atoms with Crippen LogP contribution in [0.25, 0.3) is 60.9 Å². The lowest BCUT2D eigenvalue weighted by atomic mass is 9.98. The zero-order chi connectivity index (χ0) is 47.4. The molecule has 0 amide bonds. The quantitative estimate of drug-likeness (QED) is 0.126. The summed E-state index contributed by atoms with van der Waals surface area (Å²) < 4.78 is 106. The Bertz CT molecular complexity index is 3490. The van der Waals surface area contributed by atoms with Gasteiger partial charge in [0.05, 0.1) is 27.5 Å². The Morgan fingerprint density at radius 2 is 1.04 bits per heavy atom. The summed E-state index contributed by atoms with van der Waals surface area (Å²) in [6.45, 7) is 0. The van der Waals surface area contributed by atoms with Gasteiger partial charge in [-0.3, -0.25) is 5.41 Å². The molecule has 4 nitrogen and oxygen atoms in total. The number of para-hydroxylation sites is 2. The van der Waals surface area contributed by atoms with E-state index in [1.54, 1.807) is 30.5 Å². The van der Waals surface area contributed by atoms with Gasteiger partial charge < -0.3 is 4.57 Å². The maximum absolute atomic E-state index is 9.50. The number of nitrogens with one attached hydrogen (secondary N) is 1. The second kappa shape index (κ2) is 14.9. The van der Waals surface area contributed by atoms with Crippen molar-refractivity contribution in [2.75, 3.05) is 0 Å². The molecule has 9 aromatic rings. The summed E-state index contributed by atoms with van der Waals surface area (Å²) >= 11 is 0. The molecule has 0 aliphatic rings. The molecule has 0 radical (unpaired) electrons. The molecule has 4 heteroatoms. The van der Waals surface area contributed by atoms with Crippen molar-refractivity contribution < 1.29 is 16.4 Å². The van der Waals surface area contributed by atoms with Gasteiger partial charge in [0.2, 0.25) is 0 Å². The van der Waals surface area contributed by atoms with Crippen molar-refractivity contribution in [3.63, 3.8) is 0 Å². The van der Waals surface area contributed by atoms with Crippen LogP contribution in [0.3, 0.4) is 0 Å². The van der Waals surface area contributed by atoms with Crippen LogP contribution in [0.5, 0.6) is 0 Å². The van der Waals surface area contributed by atoms with Crippen LogP contribution >= 0.6 is 0 Å². The molecular weight excluding hydrogens is 669 g/mol. The van der Waals surface area contributed by atoms with Crippen LogP contribution in [0.15, 0.2) is 216 Å². The third-order valence-electron chi connectivity index (χ3n) is 9.14. The number of nitrogens with zero attached hydrogens (tertiary/aromatic N) is 3. The number of hydrogen-bond donors (Lipinski definition) is 1. The monoisotopic (exact) mass is 716 g/mol. The van der Waals surface area contributed by atoms with E-state index in [0.29, 0.717) is 22.5 Å². The molecular formula is C51H36N4. The van der Waals surface area contributed by atoms with E-state index >= 15 is 0 Å². The van der Waals surface area contributed by atoms with Crippen molar-refractivity contribution in [1.29, 1.82) is 5.41 Å². The maximum atomic E-state index is 9.50. The standard InChI is InChI=1S/C51H36N4/c52-50(42-14-6-2-7-15-42)54-51(53-35-36-20-22-38(23-21-36)37-12-4-1-5-13-37)43-30-28-40(29-31-43)39-24-26-41(27-25-39)44-32-33-49-47(34-44)46-18-10-11-19-48(46)55(49)45-16-8-3-9-17-45/h1-35,52H/i3D,8D,9D,10D,11D,16D,17D,18D,19D,32D,33D,34D. The van der Waals surface area contributed by atoms with Gasteiger partial charge in [0.1, 0.15) is 0 Å². The van der Waals surface area contributed by atoms with Crippen LogP contribution in [0.2, 0.25) is 0 Å². The third kappa shape index (κ3) is 6.93. The van der Waals surface area contributed by atoms with Crippen LogP contribution in [0.4, 0.5) is 0 Å². The van der Waals surface area contributed by atoms with Crippen LogP contribution < -0.4 is 0 Å².